The third kappa shape index (κ3) is 10.1. The van der Waals surface area contributed by atoms with Gasteiger partial charge in [0.25, 0.3) is 0 Å². The fourth-order valence-corrected chi connectivity index (χ4v) is 5.91. The fraction of sp³-hybridized carbons (Fsp3) is 0.636. The number of hydrogen-bond donors (Lipinski definition) is 4. The van der Waals surface area contributed by atoms with Gasteiger partial charge in [-0.2, -0.15) is 0 Å². The molecule has 7 heteroatoms. The van der Waals surface area contributed by atoms with E-state index in [9.17, 15) is 19.8 Å². The first-order valence-electron chi connectivity index (χ1n) is 15.4. The van der Waals surface area contributed by atoms with Gasteiger partial charge < -0.3 is 25.4 Å². The lowest BCUT2D eigenvalue weighted by atomic mass is 9.82. The summed E-state index contributed by atoms with van der Waals surface area (Å²) >= 11 is 0. The summed E-state index contributed by atoms with van der Waals surface area (Å²) < 4.78 is 1.88. The molecule has 1 aliphatic rings. The average Bonchev–Trinajstić information content (AvgIpc) is 3.48. The number of aromatic nitrogens is 1. The number of amides is 2. The van der Waals surface area contributed by atoms with Crippen LogP contribution in [0.15, 0.2) is 54.9 Å². The highest BCUT2D eigenvalue weighted by atomic mass is 16.3. The number of benzene rings is 1. The number of aliphatic hydroxyl groups excluding tert-OH is 2. The van der Waals surface area contributed by atoms with Crippen LogP contribution in [0, 0.1) is 11.8 Å². The zero-order chi connectivity index (χ0) is 28.9. The van der Waals surface area contributed by atoms with Gasteiger partial charge in [-0.1, -0.05) is 96.0 Å². The molecule has 1 aromatic heterocycles. The molecule has 222 valence electrons. The van der Waals surface area contributed by atoms with E-state index >= 15 is 0 Å². The van der Waals surface area contributed by atoms with E-state index in [0.29, 0.717) is 31.6 Å². The van der Waals surface area contributed by atoms with Crippen molar-refractivity contribution in [2.75, 3.05) is 0 Å². The smallest absolute Gasteiger partial charge is 0.244 e. The molecular formula is C33H51N3O4. The first-order valence-corrected chi connectivity index (χ1v) is 15.4. The van der Waals surface area contributed by atoms with Crippen LogP contribution in [0.25, 0.3) is 0 Å². The Labute approximate surface area is 240 Å². The topological polar surface area (TPSA) is 104 Å². The maximum Gasteiger partial charge on any atom is 0.244 e. The van der Waals surface area contributed by atoms with E-state index in [4.69, 9.17) is 0 Å². The summed E-state index contributed by atoms with van der Waals surface area (Å²) in [6, 6.07) is 11.9. The van der Waals surface area contributed by atoms with Gasteiger partial charge in [0.2, 0.25) is 11.8 Å². The fourth-order valence-electron chi connectivity index (χ4n) is 5.91. The van der Waals surface area contributed by atoms with Gasteiger partial charge >= 0.3 is 0 Å². The molecule has 5 unspecified atom stereocenters. The van der Waals surface area contributed by atoms with Crippen LogP contribution in [-0.2, 0) is 16.0 Å². The molecule has 2 aromatic rings. The highest BCUT2D eigenvalue weighted by Gasteiger charge is 2.33. The SMILES string of the molecule is CCCCC(NC(=O)C(Cc1ccccc1)n1cccc1)C(=O)NC(CC1CCCCC1)C(O)C(O)CC(C)C. The molecule has 4 N–H and O–H groups in total. The van der Waals surface area contributed by atoms with Gasteiger partial charge in [0, 0.05) is 18.8 Å². The summed E-state index contributed by atoms with van der Waals surface area (Å²) in [5, 5.41) is 28.1. The number of nitrogens with one attached hydrogen (secondary N) is 2. The summed E-state index contributed by atoms with van der Waals surface area (Å²) in [6.07, 6.45) is 11.3. The van der Waals surface area contributed by atoms with Gasteiger partial charge in [-0.05, 0) is 48.8 Å². The minimum absolute atomic E-state index is 0.208. The molecule has 40 heavy (non-hydrogen) atoms. The highest BCUT2D eigenvalue weighted by molar-refractivity contribution is 5.89. The number of rotatable bonds is 16. The molecule has 1 fully saturated rings. The lowest BCUT2D eigenvalue weighted by molar-refractivity contribution is -0.132. The zero-order valence-corrected chi connectivity index (χ0v) is 24.7. The molecule has 1 heterocycles. The molecule has 1 saturated carbocycles. The lowest BCUT2D eigenvalue weighted by Gasteiger charge is -2.34. The predicted molar refractivity (Wildman–Crippen MR) is 160 cm³/mol. The van der Waals surface area contributed by atoms with Crippen LogP contribution in [0.1, 0.15) is 96.6 Å². The molecule has 2 amide bonds. The van der Waals surface area contributed by atoms with Crippen LogP contribution in [0.3, 0.4) is 0 Å². The molecule has 0 spiro atoms. The molecule has 0 saturated heterocycles. The summed E-state index contributed by atoms with van der Waals surface area (Å²) in [7, 11) is 0. The van der Waals surface area contributed by atoms with Crippen molar-refractivity contribution in [2.24, 2.45) is 11.8 Å². The Morgan fingerprint density at radius 3 is 2.25 bits per heavy atom. The van der Waals surface area contributed by atoms with Crippen molar-refractivity contribution in [3.63, 3.8) is 0 Å². The summed E-state index contributed by atoms with van der Waals surface area (Å²) in [5.74, 6) is 0.139. The van der Waals surface area contributed by atoms with E-state index in [0.717, 1.165) is 44.1 Å². The Kier molecular flexibility index (Phi) is 13.2. The molecule has 0 bridgehead atoms. The predicted octanol–water partition coefficient (Wildman–Crippen LogP) is 5.17. The van der Waals surface area contributed by atoms with Crippen LogP contribution in [-0.4, -0.2) is 50.9 Å². The molecule has 3 rings (SSSR count). The molecule has 7 nitrogen and oxygen atoms in total. The van der Waals surface area contributed by atoms with E-state index in [2.05, 4.69) is 17.6 Å². The quantitative estimate of drug-likeness (QED) is 0.230. The Bertz CT molecular complexity index is 988. The summed E-state index contributed by atoms with van der Waals surface area (Å²) in [4.78, 5) is 27.4. The van der Waals surface area contributed by atoms with E-state index in [1.165, 1.54) is 6.42 Å². The van der Waals surface area contributed by atoms with Crippen molar-refractivity contribution in [3.05, 3.63) is 60.4 Å². The third-order valence-electron chi connectivity index (χ3n) is 8.20. The minimum atomic E-state index is -1.05. The number of aliphatic hydroxyl groups is 2. The number of carbonyl (C=O) groups excluding carboxylic acids is 2. The molecule has 0 radical (unpaired) electrons. The second-order valence-corrected chi connectivity index (χ2v) is 12.1. The third-order valence-corrected chi connectivity index (χ3v) is 8.20. The maximum atomic E-state index is 13.7. The highest BCUT2D eigenvalue weighted by Crippen LogP contribution is 2.29. The van der Waals surface area contributed by atoms with Crippen LogP contribution in [0.5, 0.6) is 0 Å². The van der Waals surface area contributed by atoms with Gasteiger partial charge in [0.05, 0.1) is 12.1 Å². The minimum Gasteiger partial charge on any atom is -0.390 e. The van der Waals surface area contributed by atoms with Crippen LogP contribution in [0.2, 0.25) is 0 Å². The largest absolute Gasteiger partial charge is 0.390 e. The lowest BCUT2D eigenvalue weighted by Crippen LogP contribution is -2.56. The summed E-state index contributed by atoms with van der Waals surface area (Å²) in [5.41, 5.74) is 1.04. The maximum absolute atomic E-state index is 13.7. The van der Waals surface area contributed by atoms with Crippen molar-refractivity contribution >= 4 is 11.8 Å². The van der Waals surface area contributed by atoms with Gasteiger partial charge in [-0.3, -0.25) is 9.59 Å². The van der Waals surface area contributed by atoms with Crippen molar-refractivity contribution in [1.29, 1.82) is 0 Å². The van der Waals surface area contributed by atoms with E-state index in [-0.39, 0.29) is 17.7 Å². The Hall–Kier alpha value is -2.64. The molecule has 0 aliphatic heterocycles. The Balaban J connectivity index is 1.76. The average molecular weight is 554 g/mol. The standard InChI is InChI=1S/C33H51N3O4/c1-4-5-18-27(34-33(40)29(36-19-12-13-20-36)23-26-16-10-7-11-17-26)32(39)35-28(22-25-14-8-6-9-15-25)31(38)30(37)21-24(2)3/h7,10-13,16-17,19-20,24-25,27-31,37-38H,4-6,8-9,14-15,18,21-23H2,1-3H3,(H,34,40)(H,35,39). The van der Waals surface area contributed by atoms with E-state index in [1.807, 2.05) is 73.3 Å². The second-order valence-electron chi connectivity index (χ2n) is 12.1. The normalized spacial score (nSPS) is 18.1. The molecular weight excluding hydrogens is 502 g/mol. The van der Waals surface area contributed by atoms with Crippen molar-refractivity contribution in [2.45, 2.75) is 122 Å². The number of unbranched alkanes of at least 4 members (excludes halogenated alkanes) is 1. The van der Waals surface area contributed by atoms with E-state index in [1.54, 1.807) is 0 Å². The zero-order valence-electron chi connectivity index (χ0n) is 24.7. The van der Waals surface area contributed by atoms with Gasteiger partial charge in [0.1, 0.15) is 18.2 Å². The van der Waals surface area contributed by atoms with Crippen molar-refractivity contribution in [1.82, 2.24) is 15.2 Å². The molecule has 1 aromatic carbocycles. The van der Waals surface area contributed by atoms with Crippen molar-refractivity contribution in [3.8, 4) is 0 Å². The van der Waals surface area contributed by atoms with Crippen LogP contribution >= 0.6 is 0 Å². The van der Waals surface area contributed by atoms with Gasteiger partial charge in [-0.25, -0.2) is 0 Å². The Morgan fingerprint density at radius 1 is 0.950 bits per heavy atom. The van der Waals surface area contributed by atoms with Crippen LogP contribution in [0.4, 0.5) is 0 Å². The Morgan fingerprint density at radius 2 is 1.62 bits per heavy atom. The number of hydrogen-bond acceptors (Lipinski definition) is 4. The first kappa shape index (κ1) is 31.9. The monoisotopic (exact) mass is 553 g/mol. The first-order chi connectivity index (χ1) is 19.3. The van der Waals surface area contributed by atoms with Crippen molar-refractivity contribution < 1.29 is 19.8 Å². The number of nitrogens with zero attached hydrogens (tertiary/aromatic N) is 1. The second kappa shape index (κ2) is 16.6. The van der Waals surface area contributed by atoms with Gasteiger partial charge in [-0.15, -0.1) is 0 Å². The van der Waals surface area contributed by atoms with Gasteiger partial charge in [0.15, 0.2) is 0 Å². The molecule has 1 aliphatic carbocycles. The molecule has 5 atom stereocenters. The summed E-state index contributed by atoms with van der Waals surface area (Å²) in [6.45, 7) is 6.09. The number of carbonyl (C=O) groups is 2. The van der Waals surface area contributed by atoms with Crippen LogP contribution < -0.4 is 10.6 Å². The van der Waals surface area contributed by atoms with E-state index < -0.39 is 30.3 Å².